The van der Waals surface area contributed by atoms with Crippen LogP contribution in [0.4, 0.5) is 37.7 Å². The average molecular weight is 562 g/mol. The first-order valence-electron chi connectivity index (χ1n) is 11.2. The third-order valence-electron chi connectivity index (χ3n) is 5.20. The molecule has 0 aromatic heterocycles. The van der Waals surface area contributed by atoms with Crippen LogP contribution in [0.2, 0.25) is 0 Å². The SMILES string of the molecule is Oc1cccc(C=Nc2ccccc2C(F)(F)F)c1O.Oc1cccc(C=Nc2ccccc2C(F)(F)F)c1O. The van der Waals surface area contributed by atoms with Crippen molar-refractivity contribution in [2.75, 3.05) is 0 Å². The van der Waals surface area contributed by atoms with E-state index in [-0.39, 0.29) is 34.0 Å². The van der Waals surface area contributed by atoms with E-state index >= 15 is 0 Å². The Balaban J connectivity index is 0.000000220. The smallest absolute Gasteiger partial charge is 0.418 e. The number of hydrogen-bond acceptors (Lipinski definition) is 6. The minimum absolute atomic E-state index is 0.127. The van der Waals surface area contributed by atoms with Crippen LogP contribution >= 0.6 is 0 Å². The van der Waals surface area contributed by atoms with Crippen molar-refractivity contribution in [3.8, 4) is 23.0 Å². The van der Waals surface area contributed by atoms with Crippen LogP contribution < -0.4 is 0 Å². The normalized spacial score (nSPS) is 11.9. The molecule has 0 aliphatic rings. The summed E-state index contributed by atoms with van der Waals surface area (Å²) in [5.74, 6) is -1.59. The van der Waals surface area contributed by atoms with Crippen molar-refractivity contribution in [2.24, 2.45) is 9.98 Å². The van der Waals surface area contributed by atoms with Crippen molar-refractivity contribution in [3.05, 3.63) is 107 Å². The minimum atomic E-state index is -4.51. The van der Waals surface area contributed by atoms with Gasteiger partial charge in [0.05, 0.1) is 22.5 Å². The molecule has 0 amide bonds. The molecule has 40 heavy (non-hydrogen) atoms. The summed E-state index contributed by atoms with van der Waals surface area (Å²) < 4.78 is 76.5. The van der Waals surface area contributed by atoms with Gasteiger partial charge in [-0.05, 0) is 48.5 Å². The highest BCUT2D eigenvalue weighted by atomic mass is 19.4. The molecule has 0 aliphatic heterocycles. The quantitative estimate of drug-likeness (QED) is 0.116. The lowest BCUT2D eigenvalue weighted by molar-refractivity contribution is -0.137. The second-order valence-corrected chi connectivity index (χ2v) is 7.98. The van der Waals surface area contributed by atoms with Crippen molar-refractivity contribution < 1.29 is 46.8 Å². The fraction of sp³-hybridized carbons (Fsp3) is 0.0714. The van der Waals surface area contributed by atoms with Crippen LogP contribution in [0.5, 0.6) is 23.0 Å². The molecule has 208 valence electrons. The van der Waals surface area contributed by atoms with Crippen molar-refractivity contribution in [3.63, 3.8) is 0 Å². The number of rotatable bonds is 4. The number of alkyl halides is 6. The maximum atomic E-state index is 12.8. The number of para-hydroxylation sites is 4. The predicted octanol–water partition coefficient (Wildman–Crippen LogP) is 7.73. The van der Waals surface area contributed by atoms with Crippen LogP contribution in [0.15, 0.2) is 94.9 Å². The Morgan fingerprint density at radius 1 is 0.475 bits per heavy atom. The second-order valence-electron chi connectivity index (χ2n) is 7.98. The molecule has 0 atom stereocenters. The summed E-state index contributed by atoms with van der Waals surface area (Å²) in [4.78, 5) is 7.46. The van der Waals surface area contributed by atoms with Crippen LogP contribution in [-0.4, -0.2) is 32.9 Å². The molecule has 4 rings (SSSR count). The van der Waals surface area contributed by atoms with Gasteiger partial charge < -0.3 is 20.4 Å². The third-order valence-corrected chi connectivity index (χ3v) is 5.20. The Labute approximate surface area is 223 Å². The van der Waals surface area contributed by atoms with E-state index in [2.05, 4.69) is 9.98 Å². The van der Waals surface area contributed by atoms with E-state index in [1.54, 1.807) is 0 Å². The van der Waals surface area contributed by atoms with Gasteiger partial charge in [0.25, 0.3) is 0 Å². The summed E-state index contributed by atoms with van der Waals surface area (Å²) in [6.45, 7) is 0. The number of phenolic OH excluding ortho intramolecular Hbond substituents is 4. The second kappa shape index (κ2) is 12.2. The molecule has 0 radical (unpaired) electrons. The zero-order valence-corrected chi connectivity index (χ0v) is 20.2. The lowest BCUT2D eigenvalue weighted by Gasteiger charge is -2.09. The molecule has 0 saturated carbocycles. The molecule has 0 fully saturated rings. The Hall–Kier alpha value is -5.00. The Kier molecular flexibility index (Phi) is 9.04. The molecule has 0 bridgehead atoms. The number of phenols is 4. The standard InChI is InChI=1S/2C14H10F3NO2/c2*15-14(16,17)10-5-1-2-6-11(10)18-8-9-4-3-7-12(19)13(9)20/h2*1-8,19-20H. The number of halogens is 6. The van der Waals surface area contributed by atoms with Gasteiger partial charge in [-0.15, -0.1) is 0 Å². The first kappa shape index (κ1) is 29.6. The van der Waals surface area contributed by atoms with Gasteiger partial charge in [-0.3, -0.25) is 9.98 Å². The number of hydrogen-bond donors (Lipinski definition) is 4. The van der Waals surface area contributed by atoms with Crippen LogP contribution in [-0.2, 0) is 12.4 Å². The van der Waals surface area contributed by atoms with Gasteiger partial charge in [-0.2, -0.15) is 26.3 Å². The molecule has 0 unspecified atom stereocenters. The topological polar surface area (TPSA) is 106 Å². The maximum absolute atomic E-state index is 12.8. The van der Waals surface area contributed by atoms with Crippen molar-refractivity contribution in [1.82, 2.24) is 0 Å². The zero-order valence-electron chi connectivity index (χ0n) is 20.2. The number of benzene rings is 4. The molecule has 4 aromatic carbocycles. The van der Waals surface area contributed by atoms with Gasteiger partial charge in [0.2, 0.25) is 0 Å². The lowest BCUT2D eigenvalue weighted by atomic mass is 10.1. The lowest BCUT2D eigenvalue weighted by Crippen LogP contribution is -2.04. The van der Waals surface area contributed by atoms with Gasteiger partial charge in [-0.1, -0.05) is 36.4 Å². The molecule has 0 heterocycles. The molecule has 4 N–H and O–H groups in total. The van der Waals surface area contributed by atoms with Gasteiger partial charge in [-0.25, -0.2) is 0 Å². The van der Waals surface area contributed by atoms with Crippen LogP contribution in [0.3, 0.4) is 0 Å². The first-order valence-corrected chi connectivity index (χ1v) is 11.2. The summed E-state index contributed by atoms with van der Waals surface area (Å²) >= 11 is 0. The van der Waals surface area contributed by atoms with E-state index in [4.69, 9.17) is 0 Å². The summed E-state index contributed by atoms with van der Waals surface area (Å²) in [5.41, 5.74) is -2.00. The minimum Gasteiger partial charge on any atom is -0.504 e. The Morgan fingerprint density at radius 3 is 1.18 bits per heavy atom. The van der Waals surface area contributed by atoms with E-state index in [1.165, 1.54) is 72.8 Å². The van der Waals surface area contributed by atoms with Gasteiger partial charge in [0, 0.05) is 23.6 Å². The summed E-state index contributed by atoms with van der Waals surface area (Å²) in [7, 11) is 0. The molecule has 12 heteroatoms. The zero-order chi connectivity index (χ0) is 29.5. The largest absolute Gasteiger partial charge is 0.504 e. The number of aliphatic imine (C=N–C) groups is 2. The van der Waals surface area contributed by atoms with Gasteiger partial charge in [0.15, 0.2) is 23.0 Å². The molecule has 6 nitrogen and oxygen atoms in total. The highest BCUT2D eigenvalue weighted by molar-refractivity contribution is 5.87. The Bertz CT molecular complexity index is 1420. The van der Waals surface area contributed by atoms with Gasteiger partial charge >= 0.3 is 12.4 Å². The van der Waals surface area contributed by atoms with Crippen molar-refractivity contribution in [2.45, 2.75) is 12.4 Å². The summed E-state index contributed by atoms with van der Waals surface area (Å²) in [6, 6.07) is 18.0. The fourth-order valence-electron chi connectivity index (χ4n) is 3.24. The van der Waals surface area contributed by atoms with E-state index < -0.39 is 35.0 Å². The number of nitrogens with zero attached hydrogens (tertiary/aromatic N) is 2. The van der Waals surface area contributed by atoms with Crippen molar-refractivity contribution >= 4 is 23.8 Å². The van der Waals surface area contributed by atoms with E-state index in [0.717, 1.165) is 24.6 Å². The van der Waals surface area contributed by atoms with Crippen LogP contribution in [0, 0.1) is 0 Å². The third kappa shape index (κ3) is 7.53. The highest BCUT2D eigenvalue weighted by Crippen LogP contribution is 2.37. The molecule has 4 aromatic rings. The Morgan fingerprint density at radius 2 is 0.825 bits per heavy atom. The van der Waals surface area contributed by atoms with Crippen molar-refractivity contribution in [1.29, 1.82) is 0 Å². The number of aromatic hydroxyl groups is 4. The molecule has 0 saturated heterocycles. The van der Waals surface area contributed by atoms with Gasteiger partial charge in [0.1, 0.15) is 0 Å². The summed E-state index contributed by atoms with van der Waals surface area (Å²) in [5, 5.41) is 37.7. The van der Waals surface area contributed by atoms with Crippen LogP contribution in [0.1, 0.15) is 22.3 Å². The van der Waals surface area contributed by atoms with E-state index in [0.29, 0.717) is 0 Å². The maximum Gasteiger partial charge on any atom is 0.418 e. The monoisotopic (exact) mass is 562 g/mol. The predicted molar refractivity (Wildman–Crippen MR) is 137 cm³/mol. The molecular weight excluding hydrogens is 542 g/mol. The van der Waals surface area contributed by atoms with E-state index in [9.17, 15) is 46.8 Å². The fourth-order valence-corrected chi connectivity index (χ4v) is 3.24. The van der Waals surface area contributed by atoms with Crippen LogP contribution in [0.25, 0.3) is 0 Å². The van der Waals surface area contributed by atoms with E-state index in [1.807, 2.05) is 0 Å². The average Bonchev–Trinajstić information content (AvgIpc) is 2.90. The first-order chi connectivity index (χ1) is 18.8. The summed E-state index contributed by atoms with van der Waals surface area (Å²) in [6.07, 6.45) is -6.87. The molecule has 0 spiro atoms. The highest BCUT2D eigenvalue weighted by Gasteiger charge is 2.33. The molecule has 0 aliphatic carbocycles. The molecular formula is C28H20F6N2O4.